The van der Waals surface area contributed by atoms with Crippen LogP contribution in [0.1, 0.15) is 32.6 Å². The molecule has 0 aromatic rings. The number of hydrogen-bond donors (Lipinski definition) is 6. The van der Waals surface area contributed by atoms with E-state index in [1.165, 1.54) is 0 Å². The van der Waals surface area contributed by atoms with E-state index in [1.807, 2.05) is 0 Å². The van der Waals surface area contributed by atoms with Crippen molar-refractivity contribution in [1.82, 2.24) is 0 Å². The maximum Gasteiger partial charge on any atom is 0.186 e. The fraction of sp³-hybridized carbons (Fsp3) is 1.00. The van der Waals surface area contributed by atoms with E-state index >= 15 is 0 Å². The lowest BCUT2D eigenvalue weighted by Crippen LogP contribution is -2.60. The summed E-state index contributed by atoms with van der Waals surface area (Å²) in [5, 5.41) is 59.1. The molecule has 0 bridgehead atoms. The van der Waals surface area contributed by atoms with Crippen molar-refractivity contribution in [2.75, 3.05) is 19.8 Å². The molecule has 0 aromatic carbocycles. The normalized spacial score (nSPS) is 43.0. The molecule has 9 atom stereocenters. The highest BCUT2D eigenvalue weighted by Gasteiger charge is 2.45. The monoisotopic (exact) mass is 396 g/mol. The van der Waals surface area contributed by atoms with Crippen molar-refractivity contribution in [3.8, 4) is 0 Å². The van der Waals surface area contributed by atoms with E-state index in [4.69, 9.17) is 18.9 Å². The van der Waals surface area contributed by atoms with Crippen molar-refractivity contribution in [3.63, 3.8) is 0 Å². The summed E-state index contributed by atoms with van der Waals surface area (Å²) in [6.07, 6.45) is -7.94. The highest BCUT2D eigenvalue weighted by molar-refractivity contribution is 4.90. The average Bonchev–Trinajstić information content (AvgIpc) is 2.66. The third kappa shape index (κ3) is 6.04. The Hall–Kier alpha value is -0.400. The largest absolute Gasteiger partial charge is 0.388 e. The van der Waals surface area contributed by atoms with Gasteiger partial charge >= 0.3 is 0 Å². The third-order valence-corrected chi connectivity index (χ3v) is 4.83. The number of rotatable bonds is 9. The lowest BCUT2D eigenvalue weighted by Gasteiger charge is -2.41. The molecule has 10 heteroatoms. The van der Waals surface area contributed by atoms with Gasteiger partial charge in [-0.3, -0.25) is 0 Å². The van der Waals surface area contributed by atoms with E-state index in [0.29, 0.717) is 6.61 Å². The van der Waals surface area contributed by atoms with E-state index in [1.54, 1.807) is 0 Å². The summed E-state index contributed by atoms with van der Waals surface area (Å²) in [4.78, 5) is 0. The van der Waals surface area contributed by atoms with Crippen LogP contribution in [-0.2, 0) is 18.9 Å². The maximum absolute atomic E-state index is 10.1. The smallest absolute Gasteiger partial charge is 0.186 e. The topological polar surface area (TPSA) is 158 Å². The summed E-state index contributed by atoms with van der Waals surface area (Å²) in [7, 11) is 0. The van der Waals surface area contributed by atoms with E-state index in [0.717, 1.165) is 25.7 Å². The number of aliphatic hydroxyl groups excluding tert-OH is 6. The summed E-state index contributed by atoms with van der Waals surface area (Å²) < 4.78 is 21.4. The molecule has 0 unspecified atom stereocenters. The average molecular weight is 396 g/mol. The molecule has 0 amide bonds. The molecule has 0 spiro atoms. The van der Waals surface area contributed by atoms with Gasteiger partial charge in [0.1, 0.15) is 42.7 Å². The fourth-order valence-electron chi connectivity index (χ4n) is 3.04. The fourth-order valence-corrected chi connectivity index (χ4v) is 3.04. The minimum atomic E-state index is -1.49. The van der Waals surface area contributed by atoms with Crippen molar-refractivity contribution >= 4 is 0 Å². The number of unbranched alkanes of at least 4 members (excludes halogenated alkanes) is 3. The minimum absolute atomic E-state index is 0.220. The molecule has 0 saturated carbocycles. The molecule has 2 saturated heterocycles. The Morgan fingerprint density at radius 1 is 0.778 bits per heavy atom. The predicted molar refractivity (Wildman–Crippen MR) is 90.5 cm³/mol. The van der Waals surface area contributed by atoms with Gasteiger partial charge < -0.3 is 49.6 Å². The summed E-state index contributed by atoms with van der Waals surface area (Å²) in [5.41, 5.74) is 0. The van der Waals surface area contributed by atoms with Crippen molar-refractivity contribution < 1.29 is 49.6 Å². The van der Waals surface area contributed by atoms with E-state index < -0.39 is 55.3 Å². The van der Waals surface area contributed by atoms with Crippen LogP contribution in [0, 0.1) is 0 Å². The van der Waals surface area contributed by atoms with Gasteiger partial charge in [0.25, 0.3) is 0 Å². The zero-order chi connectivity index (χ0) is 20.0. The van der Waals surface area contributed by atoms with Crippen LogP contribution in [0.3, 0.4) is 0 Å². The van der Waals surface area contributed by atoms with Gasteiger partial charge in [-0.1, -0.05) is 26.2 Å². The molecular weight excluding hydrogens is 364 g/mol. The van der Waals surface area contributed by atoms with Crippen LogP contribution in [0.5, 0.6) is 0 Å². The van der Waals surface area contributed by atoms with Gasteiger partial charge in [-0.15, -0.1) is 0 Å². The Kier molecular flexibility index (Phi) is 9.29. The lowest BCUT2D eigenvalue weighted by atomic mass is 9.99. The van der Waals surface area contributed by atoms with Crippen LogP contribution in [0.15, 0.2) is 0 Å². The second-order valence-corrected chi connectivity index (χ2v) is 7.03. The Labute approximate surface area is 158 Å². The van der Waals surface area contributed by atoms with E-state index in [2.05, 4.69) is 6.92 Å². The summed E-state index contributed by atoms with van der Waals surface area (Å²) in [5.74, 6) is 0. The first-order valence-electron chi connectivity index (χ1n) is 9.45. The number of ether oxygens (including phenoxy) is 4. The standard InChI is InChI=1S/C17H32O10/c1-2-3-4-5-6-24-17-15(23)13(21)12(20)10(27-17)8-26-16-14(22)11(19)9(18)7-25-16/h9-23H,2-8H2,1H3/t9-,10-,11-,12+,13+,14-,15-,16+,17-/m1/s1. The summed E-state index contributed by atoms with van der Waals surface area (Å²) in [6.45, 7) is 1.92. The molecule has 2 rings (SSSR count). The van der Waals surface area contributed by atoms with Gasteiger partial charge in [0, 0.05) is 6.61 Å². The second-order valence-electron chi connectivity index (χ2n) is 7.03. The van der Waals surface area contributed by atoms with Crippen LogP contribution < -0.4 is 0 Å². The second kappa shape index (κ2) is 11.0. The van der Waals surface area contributed by atoms with Gasteiger partial charge in [0.05, 0.1) is 13.2 Å². The Bertz CT molecular complexity index is 425. The first-order valence-corrected chi connectivity index (χ1v) is 9.45. The van der Waals surface area contributed by atoms with Gasteiger partial charge in [-0.2, -0.15) is 0 Å². The summed E-state index contributed by atoms with van der Waals surface area (Å²) in [6, 6.07) is 0. The third-order valence-electron chi connectivity index (χ3n) is 4.83. The zero-order valence-electron chi connectivity index (χ0n) is 15.5. The Morgan fingerprint density at radius 2 is 1.48 bits per heavy atom. The lowest BCUT2D eigenvalue weighted by molar-refractivity contribution is -0.320. The molecule has 0 aliphatic carbocycles. The summed E-state index contributed by atoms with van der Waals surface area (Å²) >= 11 is 0. The highest BCUT2D eigenvalue weighted by Crippen LogP contribution is 2.24. The number of hydrogen-bond acceptors (Lipinski definition) is 10. The van der Waals surface area contributed by atoms with Crippen molar-refractivity contribution in [3.05, 3.63) is 0 Å². The molecule has 2 heterocycles. The molecular formula is C17H32O10. The molecule has 2 aliphatic rings. The SMILES string of the molecule is CCCCCCO[C@@H]1O[C@H](CO[C@@H]2OC[C@@H](O)[C@@H](O)[C@H]2O)[C@H](O)[C@H](O)[C@H]1O. The Balaban J connectivity index is 1.83. The van der Waals surface area contributed by atoms with Gasteiger partial charge in [0.15, 0.2) is 12.6 Å². The zero-order valence-corrected chi connectivity index (χ0v) is 15.5. The van der Waals surface area contributed by atoms with Gasteiger partial charge in [-0.05, 0) is 6.42 Å². The predicted octanol–water partition coefficient (Wildman–Crippen LogP) is -2.15. The molecule has 160 valence electrons. The van der Waals surface area contributed by atoms with Gasteiger partial charge in [-0.25, -0.2) is 0 Å². The van der Waals surface area contributed by atoms with Gasteiger partial charge in [0.2, 0.25) is 0 Å². The van der Waals surface area contributed by atoms with Crippen LogP contribution >= 0.6 is 0 Å². The van der Waals surface area contributed by atoms with Crippen molar-refractivity contribution in [2.45, 2.75) is 87.9 Å². The molecule has 2 fully saturated rings. The minimum Gasteiger partial charge on any atom is -0.388 e. The van der Waals surface area contributed by atoms with Crippen LogP contribution in [-0.4, -0.2) is 106 Å². The van der Waals surface area contributed by atoms with E-state index in [-0.39, 0.29) is 13.2 Å². The number of aliphatic hydroxyl groups is 6. The molecule has 6 N–H and O–H groups in total. The van der Waals surface area contributed by atoms with E-state index in [9.17, 15) is 30.6 Å². The first-order chi connectivity index (χ1) is 12.9. The van der Waals surface area contributed by atoms with Crippen molar-refractivity contribution in [2.24, 2.45) is 0 Å². The quantitative estimate of drug-likeness (QED) is 0.237. The van der Waals surface area contributed by atoms with Crippen LogP contribution in [0.25, 0.3) is 0 Å². The maximum atomic E-state index is 10.1. The molecule has 27 heavy (non-hydrogen) atoms. The van der Waals surface area contributed by atoms with Crippen LogP contribution in [0.2, 0.25) is 0 Å². The molecule has 2 aliphatic heterocycles. The van der Waals surface area contributed by atoms with Crippen LogP contribution in [0.4, 0.5) is 0 Å². The molecule has 10 nitrogen and oxygen atoms in total. The first kappa shape index (κ1) is 22.9. The highest BCUT2D eigenvalue weighted by atomic mass is 16.7. The van der Waals surface area contributed by atoms with Crippen molar-refractivity contribution in [1.29, 1.82) is 0 Å². The Morgan fingerprint density at radius 3 is 2.19 bits per heavy atom. The molecule has 0 aromatic heterocycles. The molecule has 0 radical (unpaired) electrons.